The van der Waals surface area contributed by atoms with E-state index in [0.29, 0.717) is 43.1 Å². The summed E-state index contributed by atoms with van der Waals surface area (Å²) in [5.41, 5.74) is 0. The molecule has 380 valence electrons. The van der Waals surface area contributed by atoms with E-state index in [1.165, 1.54) is 96.3 Å². The Balaban J connectivity index is 4.48. The Labute approximate surface area is 402 Å². The fourth-order valence-electron chi connectivity index (χ4n) is 6.57. The van der Waals surface area contributed by atoms with Crippen LogP contribution in [0.2, 0.25) is 0 Å². The quantitative estimate of drug-likeness (QED) is 0.0134. The number of carbonyl (C=O) groups excluding carboxylic acids is 2. The van der Waals surface area contributed by atoms with Gasteiger partial charge in [-0.15, -0.1) is 0 Å². The number of aliphatic hydroxyl groups is 2. The highest BCUT2D eigenvalue weighted by Crippen LogP contribution is 2.43. The number of phosphoric ester groups is 1. The Morgan fingerprint density at radius 2 is 1.12 bits per heavy atom. The van der Waals surface area contributed by atoms with Gasteiger partial charge in [0.15, 0.2) is 6.10 Å². The zero-order chi connectivity index (χ0) is 48.8. The fourth-order valence-corrected chi connectivity index (χ4v) is 7.31. The van der Waals surface area contributed by atoms with Crippen molar-refractivity contribution in [3.05, 3.63) is 85.1 Å². The zero-order valence-electron chi connectivity index (χ0n) is 42.1. The third-order valence-electron chi connectivity index (χ3n) is 10.6. The van der Waals surface area contributed by atoms with Crippen molar-refractivity contribution in [1.82, 2.24) is 0 Å². The van der Waals surface area contributed by atoms with Gasteiger partial charge in [0, 0.05) is 12.8 Å². The molecule has 0 aromatic heterocycles. The molecule has 3 N–H and O–H groups in total. The van der Waals surface area contributed by atoms with Gasteiger partial charge in [-0.2, -0.15) is 0 Å². The summed E-state index contributed by atoms with van der Waals surface area (Å²) >= 11 is 0. The molecule has 0 aliphatic rings. The predicted molar refractivity (Wildman–Crippen MR) is 273 cm³/mol. The molecule has 0 saturated carbocycles. The number of phosphoric acid groups is 1. The normalized spacial score (nSPS) is 15.1. The maximum absolute atomic E-state index is 12.7. The average Bonchev–Trinajstić information content (AvgIpc) is 3.26. The number of quaternary nitrogens is 1. The molecule has 0 amide bonds. The van der Waals surface area contributed by atoms with Crippen LogP contribution in [0, 0.1) is 0 Å². The van der Waals surface area contributed by atoms with Crippen LogP contribution >= 0.6 is 7.82 Å². The smallest absolute Gasteiger partial charge is 0.462 e. The van der Waals surface area contributed by atoms with Crippen LogP contribution in [0.1, 0.15) is 181 Å². The molecule has 12 heteroatoms. The zero-order valence-corrected chi connectivity index (χ0v) is 43.0. The number of esters is 2. The summed E-state index contributed by atoms with van der Waals surface area (Å²) in [7, 11) is 1.34. The van der Waals surface area contributed by atoms with Crippen LogP contribution in [0.15, 0.2) is 85.1 Å². The minimum Gasteiger partial charge on any atom is -0.462 e. The van der Waals surface area contributed by atoms with Gasteiger partial charge in [0.2, 0.25) is 0 Å². The van der Waals surface area contributed by atoms with Crippen molar-refractivity contribution in [2.75, 3.05) is 47.5 Å². The van der Waals surface area contributed by atoms with Crippen molar-refractivity contribution in [1.29, 1.82) is 0 Å². The topological polar surface area (TPSA) is 149 Å². The maximum atomic E-state index is 12.7. The molecule has 0 aliphatic carbocycles. The van der Waals surface area contributed by atoms with Crippen molar-refractivity contribution in [2.24, 2.45) is 0 Å². The summed E-state index contributed by atoms with van der Waals surface area (Å²) in [6.45, 7) is 4.00. The molecule has 1 unspecified atom stereocenters. The van der Waals surface area contributed by atoms with E-state index in [1.807, 2.05) is 63.7 Å². The second-order valence-corrected chi connectivity index (χ2v) is 19.7. The molecule has 0 fully saturated rings. The molecule has 66 heavy (non-hydrogen) atoms. The highest BCUT2D eigenvalue weighted by molar-refractivity contribution is 7.47. The second kappa shape index (κ2) is 44.6. The van der Waals surface area contributed by atoms with Crippen LogP contribution in [0.5, 0.6) is 0 Å². The van der Waals surface area contributed by atoms with Gasteiger partial charge < -0.3 is 29.1 Å². The first-order valence-corrected chi connectivity index (χ1v) is 27.0. The largest absolute Gasteiger partial charge is 0.472 e. The molecule has 0 heterocycles. The van der Waals surface area contributed by atoms with Crippen molar-refractivity contribution in [3.63, 3.8) is 0 Å². The number of ether oxygens (including phenoxy) is 2. The highest BCUT2D eigenvalue weighted by atomic mass is 31.2. The van der Waals surface area contributed by atoms with E-state index in [-0.39, 0.29) is 26.1 Å². The molecule has 0 aromatic rings. The highest BCUT2D eigenvalue weighted by Gasteiger charge is 2.27. The summed E-state index contributed by atoms with van der Waals surface area (Å²) in [5, 5.41) is 20.1. The Morgan fingerprint density at radius 3 is 1.71 bits per heavy atom. The van der Waals surface area contributed by atoms with Crippen LogP contribution in [-0.4, -0.2) is 97.3 Å². The van der Waals surface area contributed by atoms with Gasteiger partial charge in [-0.1, -0.05) is 189 Å². The Morgan fingerprint density at radius 1 is 0.576 bits per heavy atom. The summed E-state index contributed by atoms with van der Waals surface area (Å²) < 4.78 is 34.3. The van der Waals surface area contributed by atoms with Crippen LogP contribution in [0.3, 0.4) is 0 Å². The summed E-state index contributed by atoms with van der Waals surface area (Å²) in [4.78, 5) is 35.5. The lowest BCUT2D eigenvalue weighted by atomic mass is 10.0. The monoisotopic (exact) mass is 949 g/mol. The van der Waals surface area contributed by atoms with Crippen molar-refractivity contribution >= 4 is 19.8 Å². The predicted octanol–water partition coefficient (Wildman–Crippen LogP) is 13.1. The lowest BCUT2D eigenvalue weighted by Crippen LogP contribution is -2.37. The number of nitrogens with zero attached hydrogens (tertiary/aromatic N) is 1. The average molecular weight is 949 g/mol. The number of allylic oxidation sites excluding steroid dienone is 10. The van der Waals surface area contributed by atoms with E-state index >= 15 is 0 Å². The molecule has 0 aliphatic heterocycles. The minimum absolute atomic E-state index is 0.0102. The third kappa shape index (κ3) is 47.6. The maximum Gasteiger partial charge on any atom is 0.472 e. The molecule has 0 saturated heterocycles. The molecular formula is C54H95NO10P+. The van der Waals surface area contributed by atoms with E-state index in [0.717, 1.165) is 25.7 Å². The van der Waals surface area contributed by atoms with Crippen molar-refractivity contribution < 1.29 is 52.3 Å². The van der Waals surface area contributed by atoms with Crippen LogP contribution in [0.4, 0.5) is 0 Å². The minimum atomic E-state index is -4.44. The van der Waals surface area contributed by atoms with Gasteiger partial charge >= 0.3 is 19.8 Å². The second-order valence-electron chi connectivity index (χ2n) is 18.2. The van der Waals surface area contributed by atoms with E-state index in [1.54, 1.807) is 30.4 Å². The van der Waals surface area contributed by atoms with E-state index < -0.39 is 44.7 Å². The number of hydrogen-bond donors (Lipinski definition) is 3. The van der Waals surface area contributed by atoms with Crippen LogP contribution in [0.25, 0.3) is 0 Å². The third-order valence-corrected chi connectivity index (χ3v) is 11.6. The SMILES string of the molecule is CC/C=C\C[C@H](O)/C=C/C=C\C/C=C\C=C\[C@H](O)/C=C\CCCC(=O)O[C@H](COC(=O)CCCCCCCCCCCCC/C=C\CCCCCCCC)COP(=O)(O)OCC[N+](C)(C)C. The Hall–Kier alpha value is -2.89. The molecule has 0 spiro atoms. The van der Waals surface area contributed by atoms with Gasteiger partial charge in [0.1, 0.15) is 19.8 Å². The van der Waals surface area contributed by atoms with Crippen molar-refractivity contribution in [2.45, 2.75) is 199 Å². The molecule has 0 aromatic carbocycles. The number of aliphatic hydroxyl groups excluding tert-OH is 2. The van der Waals surface area contributed by atoms with Gasteiger partial charge in [-0.3, -0.25) is 18.6 Å². The summed E-state index contributed by atoms with van der Waals surface area (Å²) in [6, 6.07) is 0. The molecule has 11 nitrogen and oxygen atoms in total. The van der Waals surface area contributed by atoms with Gasteiger partial charge in [-0.05, 0) is 64.2 Å². The lowest BCUT2D eigenvalue weighted by Gasteiger charge is -2.24. The fraction of sp³-hybridized carbons (Fsp3) is 0.704. The number of likely N-dealkylation sites (N-methyl/N-ethyl adjacent to an activating group) is 1. The van der Waals surface area contributed by atoms with Gasteiger partial charge in [0.05, 0.1) is 40.0 Å². The van der Waals surface area contributed by atoms with Gasteiger partial charge in [-0.25, -0.2) is 4.57 Å². The van der Waals surface area contributed by atoms with Crippen LogP contribution in [-0.2, 0) is 32.7 Å². The van der Waals surface area contributed by atoms with E-state index in [9.17, 15) is 29.3 Å². The number of carbonyl (C=O) groups is 2. The molecule has 0 radical (unpaired) electrons. The van der Waals surface area contributed by atoms with Gasteiger partial charge in [0.25, 0.3) is 0 Å². The number of hydrogen-bond acceptors (Lipinski definition) is 9. The van der Waals surface area contributed by atoms with E-state index in [2.05, 4.69) is 26.0 Å². The first-order valence-electron chi connectivity index (χ1n) is 25.5. The first-order chi connectivity index (χ1) is 31.8. The number of unbranched alkanes of at least 4 members (excludes halogenated alkanes) is 18. The van der Waals surface area contributed by atoms with E-state index in [4.69, 9.17) is 18.5 Å². The number of rotatable bonds is 45. The summed E-state index contributed by atoms with van der Waals surface area (Å²) in [5.74, 6) is -0.985. The standard InChI is InChI=1S/C54H94NO10P/c1-6-8-10-11-12-13-14-15-16-17-18-19-20-21-22-23-24-25-29-32-38-44-53(58)62-48-52(49-64-66(60,61)63-47-46-55(3,4)5)65-54(59)45-39-33-37-43-51(57)42-36-31-28-26-27-30-35-41-50(56)40-34-9-7-2/h9,15-16,27-28,30-31,34-37,41-43,50-52,56-57H,6-8,10-14,17-26,29,32-33,38-40,44-49H2,1-5H3/p+1/b16-15-,30-27-,31-28-,34-9-,41-35+,42-36+,43-37-/t50-,51-,52+/m0/s1. The van der Waals surface area contributed by atoms with Crippen LogP contribution < -0.4 is 0 Å². The molecular weight excluding hydrogens is 854 g/mol. The lowest BCUT2D eigenvalue weighted by molar-refractivity contribution is -0.870. The molecule has 0 bridgehead atoms. The Bertz CT molecular complexity index is 1430. The first kappa shape index (κ1) is 63.1. The molecule has 4 atom stereocenters. The molecule has 0 rings (SSSR count). The summed E-state index contributed by atoms with van der Waals surface area (Å²) in [6.07, 6.45) is 51.4. The van der Waals surface area contributed by atoms with Crippen molar-refractivity contribution in [3.8, 4) is 0 Å². The Kier molecular flexibility index (Phi) is 42.7.